The molecule has 4 heteroatoms. The molecule has 20 heavy (non-hydrogen) atoms. The van der Waals surface area contributed by atoms with Crippen molar-refractivity contribution in [3.63, 3.8) is 0 Å². The van der Waals surface area contributed by atoms with Crippen molar-refractivity contribution in [2.45, 2.75) is 32.6 Å². The topological polar surface area (TPSA) is 36.4 Å². The van der Waals surface area contributed by atoms with Gasteiger partial charge in [0.05, 0.1) is 6.21 Å². The van der Waals surface area contributed by atoms with Crippen molar-refractivity contribution in [1.29, 1.82) is 0 Å². The van der Waals surface area contributed by atoms with Gasteiger partial charge in [-0.2, -0.15) is 5.10 Å². The normalized spacial score (nSPS) is 11.6. The van der Waals surface area contributed by atoms with Gasteiger partial charge < -0.3 is 5.32 Å². The Morgan fingerprint density at radius 3 is 2.65 bits per heavy atom. The van der Waals surface area contributed by atoms with Crippen molar-refractivity contribution < 1.29 is 0 Å². The minimum Gasteiger partial charge on any atom is -0.364 e. The van der Waals surface area contributed by atoms with E-state index in [4.69, 9.17) is 12.2 Å². The molecule has 1 rings (SSSR count). The predicted octanol–water partition coefficient (Wildman–Crippen LogP) is 3.73. The fraction of sp³-hybridized carbons (Fsp3) is 0.375. The molecule has 0 atom stereocenters. The largest absolute Gasteiger partial charge is 0.364 e. The zero-order chi connectivity index (χ0) is 14.6. The second-order valence-electron chi connectivity index (χ2n) is 4.54. The van der Waals surface area contributed by atoms with Crippen LogP contribution in [0.3, 0.4) is 0 Å². The van der Waals surface area contributed by atoms with E-state index in [2.05, 4.69) is 41.0 Å². The Balaban J connectivity index is 2.69. The number of hydrogen-bond donors (Lipinski definition) is 2. The van der Waals surface area contributed by atoms with Gasteiger partial charge in [-0.3, -0.25) is 5.43 Å². The smallest absolute Gasteiger partial charge is 0.186 e. The molecular weight excluding hydrogens is 266 g/mol. The Labute approximate surface area is 127 Å². The molecule has 0 unspecified atom stereocenters. The Kier molecular flexibility index (Phi) is 8.31. The lowest BCUT2D eigenvalue weighted by atomic mass is 10.1. The van der Waals surface area contributed by atoms with Gasteiger partial charge in [-0.15, -0.1) is 0 Å². The summed E-state index contributed by atoms with van der Waals surface area (Å²) >= 11 is 4.99. The van der Waals surface area contributed by atoms with Gasteiger partial charge in [-0.25, -0.2) is 0 Å². The zero-order valence-corrected chi connectivity index (χ0v) is 13.0. The summed E-state index contributed by atoms with van der Waals surface area (Å²) < 4.78 is 0. The van der Waals surface area contributed by atoms with Gasteiger partial charge in [0.25, 0.3) is 0 Å². The molecule has 0 spiro atoms. The average Bonchev–Trinajstić information content (AvgIpc) is 2.48. The monoisotopic (exact) mass is 289 g/mol. The van der Waals surface area contributed by atoms with E-state index in [1.807, 2.05) is 24.4 Å². The third-order valence-corrected chi connectivity index (χ3v) is 3.14. The molecule has 1 aromatic rings. The Morgan fingerprint density at radius 2 is 2.00 bits per heavy atom. The van der Waals surface area contributed by atoms with E-state index >= 15 is 0 Å². The first-order valence-corrected chi connectivity index (χ1v) is 7.43. The summed E-state index contributed by atoms with van der Waals surface area (Å²) in [5.41, 5.74) is 5.19. The van der Waals surface area contributed by atoms with Crippen LogP contribution < -0.4 is 10.7 Å². The maximum absolute atomic E-state index is 4.99. The van der Waals surface area contributed by atoms with Gasteiger partial charge in [0, 0.05) is 7.05 Å². The highest BCUT2D eigenvalue weighted by molar-refractivity contribution is 7.80. The Bertz CT molecular complexity index is 452. The lowest BCUT2D eigenvalue weighted by Crippen LogP contribution is -2.28. The van der Waals surface area contributed by atoms with Gasteiger partial charge >= 0.3 is 0 Å². The zero-order valence-electron chi connectivity index (χ0n) is 12.2. The number of nitrogens with one attached hydrogen (secondary N) is 2. The van der Waals surface area contributed by atoms with Gasteiger partial charge in [0.15, 0.2) is 5.11 Å². The van der Waals surface area contributed by atoms with Crippen molar-refractivity contribution >= 4 is 29.6 Å². The second-order valence-corrected chi connectivity index (χ2v) is 4.94. The third kappa shape index (κ3) is 7.04. The SMILES string of the molecule is CCCCCC(/C=N\NC(=S)NC)=C\c1ccccc1. The van der Waals surface area contributed by atoms with E-state index in [1.54, 1.807) is 7.05 Å². The Morgan fingerprint density at radius 1 is 1.25 bits per heavy atom. The van der Waals surface area contributed by atoms with Crippen LogP contribution in [0.25, 0.3) is 6.08 Å². The van der Waals surface area contributed by atoms with Crippen LogP contribution >= 0.6 is 12.2 Å². The maximum Gasteiger partial charge on any atom is 0.186 e. The molecule has 0 saturated carbocycles. The molecule has 2 N–H and O–H groups in total. The predicted molar refractivity (Wildman–Crippen MR) is 91.8 cm³/mol. The van der Waals surface area contributed by atoms with E-state index < -0.39 is 0 Å². The van der Waals surface area contributed by atoms with Crippen molar-refractivity contribution in [1.82, 2.24) is 10.7 Å². The van der Waals surface area contributed by atoms with E-state index in [-0.39, 0.29) is 0 Å². The molecule has 108 valence electrons. The van der Waals surface area contributed by atoms with Gasteiger partial charge in [0.2, 0.25) is 0 Å². The second kappa shape index (κ2) is 10.1. The first-order chi connectivity index (χ1) is 9.76. The maximum atomic E-state index is 4.99. The highest BCUT2D eigenvalue weighted by atomic mass is 32.1. The quantitative estimate of drug-likeness (QED) is 0.347. The highest BCUT2D eigenvalue weighted by Crippen LogP contribution is 2.12. The summed E-state index contributed by atoms with van der Waals surface area (Å²) in [5, 5.41) is 7.52. The summed E-state index contributed by atoms with van der Waals surface area (Å²) in [5.74, 6) is 0. The number of allylic oxidation sites excluding steroid dienone is 1. The molecule has 0 aliphatic rings. The molecule has 0 fully saturated rings. The van der Waals surface area contributed by atoms with Crippen LogP contribution in [-0.2, 0) is 0 Å². The lowest BCUT2D eigenvalue weighted by molar-refractivity contribution is 0.724. The van der Waals surface area contributed by atoms with Crippen molar-refractivity contribution in [3.05, 3.63) is 41.5 Å². The van der Waals surface area contributed by atoms with Crippen molar-refractivity contribution in [2.75, 3.05) is 7.05 Å². The molecule has 0 aliphatic heterocycles. The number of thiocarbonyl (C=S) groups is 1. The molecule has 1 aromatic carbocycles. The molecule has 3 nitrogen and oxygen atoms in total. The fourth-order valence-corrected chi connectivity index (χ4v) is 1.80. The molecule has 0 amide bonds. The number of unbranched alkanes of at least 4 members (excludes halogenated alkanes) is 2. The number of hydrazone groups is 1. The van der Waals surface area contributed by atoms with Crippen LogP contribution in [0.1, 0.15) is 38.2 Å². The summed E-state index contributed by atoms with van der Waals surface area (Å²) in [4.78, 5) is 0. The van der Waals surface area contributed by atoms with Gasteiger partial charge in [0.1, 0.15) is 0 Å². The molecule has 0 radical (unpaired) electrons. The molecule has 0 aromatic heterocycles. The summed E-state index contributed by atoms with van der Waals surface area (Å²) in [6.45, 7) is 2.21. The highest BCUT2D eigenvalue weighted by Gasteiger charge is 1.96. The van der Waals surface area contributed by atoms with Crippen LogP contribution in [0.4, 0.5) is 0 Å². The minimum atomic E-state index is 0.522. The molecule has 0 saturated heterocycles. The van der Waals surface area contributed by atoms with E-state index in [9.17, 15) is 0 Å². The van der Waals surface area contributed by atoms with E-state index in [0.29, 0.717) is 5.11 Å². The first-order valence-electron chi connectivity index (χ1n) is 7.02. The van der Waals surface area contributed by atoms with Gasteiger partial charge in [-0.05, 0) is 36.2 Å². The standard InChI is InChI=1S/C16H23N3S/c1-3-4-6-11-15(13-18-19-16(20)17-2)12-14-9-7-5-8-10-14/h5,7-10,12-13H,3-4,6,11H2,1-2H3,(H2,17,19,20)/b15-12+,18-13-. The van der Waals surface area contributed by atoms with Crippen LogP contribution in [0.15, 0.2) is 41.0 Å². The van der Waals surface area contributed by atoms with Crippen molar-refractivity contribution in [3.8, 4) is 0 Å². The third-order valence-electron chi connectivity index (χ3n) is 2.84. The first kappa shape index (κ1) is 16.4. The lowest BCUT2D eigenvalue weighted by Gasteiger charge is -2.04. The van der Waals surface area contributed by atoms with Gasteiger partial charge in [-0.1, -0.05) is 56.2 Å². The minimum absolute atomic E-state index is 0.522. The van der Waals surface area contributed by atoms with Crippen LogP contribution in [0.2, 0.25) is 0 Å². The number of nitrogens with zero attached hydrogens (tertiary/aromatic N) is 1. The number of rotatable bonds is 7. The summed E-state index contributed by atoms with van der Waals surface area (Å²) in [6, 6.07) is 10.3. The van der Waals surface area contributed by atoms with Crippen LogP contribution in [0, 0.1) is 0 Å². The number of hydrogen-bond acceptors (Lipinski definition) is 2. The van der Waals surface area contributed by atoms with E-state index in [0.717, 1.165) is 6.42 Å². The van der Waals surface area contributed by atoms with Crippen LogP contribution in [0.5, 0.6) is 0 Å². The molecule has 0 bridgehead atoms. The molecule has 0 aliphatic carbocycles. The summed E-state index contributed by atoms with van der Waals surface area (Å²) in [6.07, 6.45) is 8.69. The van der Waals surface area contributed by atoms with E-state index in [1.165, 1.54) is 30.4 Å². The molecule has 0 heterocycles. The fourth-order valence-electron chi connectivity index (χ4n) is 1.75. The Hall–Kier alpha value is -1.68. The van der Waals surface area contributed by atoms with Crippen LogP contribution in [-0.4, -0.2) is 18.4 Å². The van der Waals surface area contributed by atoms with Crippen molar-refractivity contribution in [2.24, 2.45) is 5.10 Å². The summed E-state index contributed by atoms with van der Waals surface area (Å²) in [7, 11) is 1.77. The molecular formula is C16H23N3S. The average molecular weight is 289 g/mol. The number of benzene rings is 1.